The molecule has 4 aromatic carbocycles. The van der Waals surface area contributed by atoms with E-state index in [1.54, 1.807) is 128 Å². The summed E-state index contributed by atoms with van der Waals surface area (Å²) in [5.41, 5.74) is 30.1. The normalized spacial score (nSPS) is 16.0. The number of β-amino-alcohol motifs (C(OH)–C–C–N with tert-alkyl or cyclic N) is 1. The third-order valence-electron chi connectivity index (χ3n) is 23.2. The number of benzene rings is 4. The van der Waals surface area contributed by atoms with Gasteiger partial charge in [-0.2, -0.15) is 0 Å². The number of nitrogens with two attached hydrogens (primary N) is 4. The number of halogens is 12. The van der Waals surface area contributed by atoms with Crippen LogP contribution < -0.4 is 47.2 Å². The van der Waals surface area contributed by atoms with E-state index in [1.165, 1.54) is 45.9 Å². The molecule has 0 bridgehead atoms. The summed E-state index contributed by atoms with van der Waals surface area (Å²) in [5, 5.41) is 21.0. The molecular formula is C93H108Cl4F8N20O10. The van der Waals surface area contributed by atoms with Gasteiger partial charge in [0.15, 0.2) is 23.3 Å². The molecule has 0 saturated carbocycles. The first-order chi connectivity index (χ1) is 63.4. The fourth-order valence-corrected chi connectivity index (χ4v) is 17.5. The Bertz CT molecular complexity index is 6300. The Kier molecular flexibility index (Phi) is 31.3. The Hall–Kier alpha value is -11.8. The van der Waals surface area contributed by atoms with Gasteiger partial charge in [-0.05, 0) is 121 Å². The van der Waals surface area contributed by atoms with E-state index in [9.17, 15) is 47.0 Å². The van der Waals surface area contributed by atoms with Crippen molar-refractivity contribution in [2.45, 2.75) is 222 Å². The van der Waals surface area contributed by atoms with Crippen LogP contribution in [0.1, 0.15) is 256 Å². The summed E-state index contributed by atoms with van der Waals surface area (Å²) in [5.74, 6) is -10.0. The standard InChI is InChI=1S/2C24H27ClF3N5O2.C23H27ClFN5O3.C22H27ClFN5O3/c2*1-12(2)35-20-15(13(3)22-31-14(4)19-21(29)30-7-10-33(19)22)11-16(25)18(26)17(20)23(34)32-8-5-24(27,28)6-9-32;1-11(2)33-20-15(12(3)22-28-13(4)19-21(26)27-6-8-30(19)22)9-16(24)18(25)17(20)23(32)29-7-5-14(31)10-29;1-10(2)32-19-14(8-15(23)17(24)16(19)22(31)27-9-11(3)30)12(4)21-28-13(5)18-20(25)26-6-7-29(18)21/h2*7,10-13H,5-6,8-9H2,1-4H3,(H2,29,30);6,8-9,11-12,14,31H,5,7,10H2,1-4H3,(H2,26,27);6-8,10-12,30H,9H2,1-5H3,(H2,25,26)(H,27,31)/t2*13-;12?,14-;11-,12?/m1001/s1. The Balaban J connectivity index is 0.000000162. The predicted molar refractivity (Wildman–Crippen MR) is 498 cm³/mol. The molecule has 135 heavy (non-hydrogen) atoms. The van der Waals surface area contributed by atoms with Crippen LogP contribution in [0.25, 0.3) is 22.1 Å². The highest BCUT2D eigenvalue weighted by molar-refractivity contribution is 6.32. The largest absolute Gasteiger partial charge is 0.490 e. The van der Waals surface area contributed by atoms with Crippen molar-refractivity contribution in [3.63, 3.8) is 0 Å². The second kappa shape index (κ2) is 41.4. The van der Waals surface area contributed by atoms with Gasteiger partial charge in [-0.15, -0.1) is 0 Å². The number of rotatable bonds is 22. The molecule has 3 aliphatic heterocycles. The minimum atomic E-state index is -2.85. The van der Waals surface area contributed by atoms with E-state index in [2.05, 4.69) is 45.2 Å². The smallest absolute Gasteiger partial charge is 0.260 e. The maximum Gasteiger partial charge on any atom is 0.260 e. The molecule has 42 heteroatoms. The van der Waals surface area contributed by atoms with Crippen LogP contribution in [0.5, 0.6) is 23.0 Å². The minimum Gasteiger partial charge on any atom is -0.490 e. The summed E-state index contributed by atoms with van der Waals surface area (Å²) in [6.45, 7) is 30.0. The van der Waals surface area contributed by atoms with Crippen molar-refractivity contribution in [3.05, 3.63) is 208 Å². The zero-order chi connectivity index (χ0) is 99.1. The lowest BCUT2D eigenvalue weighted by Gasteiger charge is -2.33. The molecule has 15 rings (SSSR count). The summed E-state index contributed by atoms with van der Waals surface area (Å²) in [4.78, 5) is 92.0. The van der Waals surface area contributed by atoms with E-state index in [-0.39, 0.29) is 117 Å². The summed E-state index contributed by atoms with van der Waals surface area (Å²) in [6.07, 6.45) is 8.73. The molecule has 0 spiro atoms. The zero-order valence-electron chi connectivity index (χ0n) is 77.4. The molecule has 724 valence electrons. The number of alkyl halides is 4. The Morgan fingerprint density at radius 3 is 0.904 bits per heavy atom. The van der Waals surface area contributed by atoms with Crippen molar-refractivity contribution >= 4 is 115 Å². The van der Waals surface area contributed by atoms with E-state index >= 15 is 17.6 Å². The van der Waals surface area contributed by atoms with Crippen LogP contribution in [-0.2, 0) is 0 Å². The number of carbonyl (C=O) groups is 4. The molecule has 4 amide bonds. The number of nitrogen functional groups attached to an aromatic ring is 4. The van der Waals surface area contributed by atoms with Gasteiger partial charge in [0.2, 0.25) is 0 Å². The number of aryl methyl sites for hydroxylation is 4. The molecule has 11 heterocycles. The number of amides is 4. The molecule has 3 aliphatic rings. The average molecular weight is 1960 g/mol. The molecule has 12 aromatic rings. The van der Waals surface area contributed by atoms with Crippen LogP contribution in [0, 0.1) is 51.0 Å². The number of aliphatic hydroxyl groups excluding tert-OH is 2. The zero-order valence-corrected chi connectivity index (χ0v) is 80.4. The third-order valence-corrected chi connectivity index (χ3v) is 24.3. The van der Waals surface area contributed by atoms with E-state index in [1.807, 2.05) is 50.3 Å². The summed E-state index contributed by atoms with van der Waals surface area (Å²) in [6, 6.07) is 5.77. The minimum absolute atomic E-state index is 0.0214. The average Bonchev–Trinajstić information content (AvgIpc) is 1.69. The topological polar surface area (TPSA) is 392 Å². The molecule has 6 atom stereocenters. The van der Waals surface area contributed by atoms with Crippen LogP contribution in [0.2, 0.25) is 20.1 Å². The Labute approximate surface area is 793 Å². The van der Waals surface area contributed by atoms with Crippen molar-refractivity contribution in [2.75, 3.05) is 68.7 Å². The molecule has 3 saturated heterocycles. The van der Waals surface area contributed by atoms with E-state index in [0.29, 0.717) is 127 Å². The quantitative estimate of drug-likeness (QED) is 0.0310. The van der Waals surface area contributed by atoms with E-state index < -0.39 is 133 Å². The summed E-state index contributed by atoms with van der Waals surface area (Å²) in [7, 11) is 0. The number of imidazole rings is 4. The van der Waals surface area contributed by atoms with Gasteiger partial charge in [-0.1, -0.05) is 74.1 Å². The number of aromatic nitrogens is 12. The molecule has 11 N–H and O–H groups in total. The SMILES string of the molecule is Cc1nc(C(C)c2cc(Cl)c(F)c(C(=O)N3CC[C@H](O)C3)c2OC(C)C)n2ccnc(N)c12.Cc1nc(C(C)c2cc(Cl)c(F)c(C(=O)NC[C@@H](C)O)c2OC(C)C)n2ccnc(N)c12.Cc1nc([C@@H](C)c2cc(Cl)c(F)c(C(=O)N3CCC(F)(F)CC3)c2OC(C)C)n2ccnc(N)c12.Cc1nc([C@H](C)c2cc(Cl)c(F)c(C(=O)N3CCC(F)(F)CC3)c2OC(C)C)n2ccnc(N)c12. The number of aliphatic hydroxyl groups is 2. The monoisotopic (exact) mass is 1960 g/mol. The highest BCUT2D eigenvalue weighted by atomic mass is 35.5. The Morgan fingerprint density at radius 2 is 0.667 bits per heavy atom. The highest BCUT2D eigenvalue weighted by Crippen LogP contribution is 2.47. The number of carbonyl (C=O) groups excluding carboxylic acids is 4. The third kappa shape index (κ3) is 21.5. The number of hydrogen-bond acceptors (Lipinski definition) is 22. The maximum atomic E-state index is 15.4. The van der Waals surface area contributed by atoms with E-state index in [4.69, 9.17) is 88.3 Å². The molecule has 30 nitrogen and oxygen atoms in total. The van der Waals surface area contributed by atoms with Crippen LogP contribution in [0.4, 0.5) is 58.4 Å². The first-order valence-electron chi connectivity index (χ1n) is 43.8. The van der Waals surface area contributed by atoms with Gasteiger partial charge in [0.25, 0.3) is 35.5 Å². The van der Waals surface area contributed by atoms with Crippen molar-refractivity contribution in [1.29, 1.82) is 0 Å². The number of anilines is 4. The fourth-order valence-electron chi connectivity index (χ4n) is 16.7. The van der Waals surface area contributed by atoms with Crippen molar-refractivity contribution in [2.24, 2.45) is 0 Å². The van der Waals surface area contributed by atoms with Gasteiger partial charge in [-0.25, -0.2) is 75.0 Å². The number of ether oxygens (including phenoxy) is 4. The Morgan fingerprint density at radius 1 is 0.422 bits per heavy atom. The molecular weight excluding hydrogens is 1850 g/mol. The lowest BCUT2D eigenvalue weighted by Crippen LogP contribution is -2.43. The number of likely N-dealkylation sites (tertiary alicyclic amines) is 3. The van der Waals surface area contributed by atoms with Crippen molar-refractivity contribution < 1.29 is 83.5 Å². The van der Waals surface area contributed by atoms with Gasteiger partial charge < -0.3 is 72.1 Å². The van der Waals surface area contributed by atoms with Gasteiger partial charge in [0.05, 0.1) is 79.5 Å². The first kappa shape index (κ1) is 102. The van der Waals surface area contributed by atoms with Gasteiger partial charge in [0, 0.05) is 167 Å². The number of hydrogen-bond donors (Lipinski definition) is 7. The predicted octanol–water partition coefficient (Wildman–Crippen LogP) is 17.5. The second-order valence-electron chi connectivity index (χ2n) is 34.8. The maximum absolute atomic E-state index is 15.4. The van der Waals surface area contributed by atoms with Crippen LogP contribution in [0.3, 0.4) is 0 Å². The number of fused-ring (bicyclic) bond motifs is 4. The lowest BCUT2D eigenvalue weighted by molar-refractivity contribution is -0.0504. The number of nitrogens with zero attached hydrogens (tertiary/aromatic N) is 15. The number of piperidine rings is 2. The second-order valence-corrected chi connectivity index (χ2v) is 36.4. The molecule has 3 fully saturated rings. The van der Waals surface area contributed by atoms with Crippen LogP contribution >= 0.6 is 46.4 Å². The van der Waals surface area contributed by atoms with Crippen LogP contribution in [-0.4, -0.2) is 200 Å². The molecule has 2 unspecified atom stereocenters. The molecule has 8 aromatic heterocycles. The lowest BCUT2D eigenvalue weighted by atomic mass is 9.95. The van der Waals surface area contributed by atoms with Gasteiger partial charge in [0.1, 0.15) is 114 Å². The molecule has 0 aliphatic carbocycles. The summed E-state index contributed by atoms with van der Waals surface area (Å²) >= 11 is 25.0. The molecule has 0 radical (unpaired) electrons. The fraction of sp³-hybridized carbons (Fsp3) is 0.441. The van der Waals surface area contributed by atoms with Gasteiger partial charge >= 0.3 is 0 Å². The van der Waals surface area contributed by atoms with Gasteiger partial charge in [-0.3, -0.25) is 36.8 Å². The summed E-state index contributed by atoms with van der Waals surface area (Å²) < 4.78 is 147. The first-order valence-corrected chi connectivity index (χ1v) is 45.3. The van der Waals surface area contributed by atoms with Crippen LogP contribution in [0.15, 0.2) is 73.8 Å². The highest BCUT2D eigenvalue weighted by Gasteiger charge is 2.43. The van der Waals surface area contributed by atoms with E-state index in [0.717, 1.165) is 0 Å². The van der Waals surface area contributed by atoms with Crippen molar-refractivity contribution in [1.82, 2.24) is 77.5 Å². The van der Waals surface area contributed by atoms with Crippen molar-refractivity contribution in [3.8, 4) is 23.0 Å². The number of nitrogens with one attached hydrogen (secondary N) is 1.